The Labute approximate surface area is 98.4 Å². The Hall–Kier alpha value is -2.11. The lowest BCUT2D eigenvalue weighted by Crippen LogP contribution is -2.06. The zero-order chi connectivity index (χ0) is 13.0. The number of nitro groups is 1. The van der Waals surface area contributed by atoms with Gasteiger partial charge >= 0.3 is 5.97 Å². The Morgan fingerprint density at radius 3 is 2.82 bits per heavy atom. The van der Waals surface area contributed by atoms with Crippen molar-refractivity contribution in [2.45, 2.75) is 20.8 Å². The molecular formula is C11H14N2O4. The standard InChI is InChI=1S/C11H14N2O4/c1-4-17-11(14)10-8(3)9(6-12-10)5-7(2)13(15)16/h5-6,12H,4H2,1-3H3/b7-5+. The van der Waals surface area contributed by atoms with Crippen molar-refractivity contribution in [1.29, 1.82) is 0 Å². The van der Waals surface area contributed by atoms with Crippen molar-refractivity contribution in [3.05, 3.63) is 38.8 Å². The number of nitrogens with zero attached hydrogens (tertiary/aromatic N) is 1. The first kappa shape index (κ1) is 13.0. The SMILES string of the molecule is CCOC(=O)c1[nH]cc(/C=C(\C)[N+](=O)[O-])c1C. The topological polar surface area (TPSA) is 85.2 Å². The average molecular weight is 238 g/mol. The second kappa shape index (κ2) is 5.29. The van der Waals surface area contributed by atoms with Crippen LogP contribution in [-0.2, 0) is 4.74 Å². The zero-order valence-electron chi connectivity index (χ0n) is 9.94. The van der Waals surface area contributed by atoms with E-state index in [1.165, 1.54) is 13.0 Å². The number of hydrogen-bond acceptors (Lipinski definition) is 4. The first-order chi connectivity index (χ1) is 7.97. The molecule has 6 nitrogen and oxygen atoms in total. The lowest BCUT2D eigenvalue weighted by atomic mass is 10.1. The Morgan fingerprint density at radius 2 is 2.29 bits per heavy atom. The molecule has 0 spiro atoms. The van der Waals surface area contributed by atoms with Gasteiger partial charge in [0.15, 0.2) is 0 Å². The maximum Gasteiger partial charge on any atom is 0.355 e. The number of allylic oxidation sites excluding steroid dienone is 1. The number of aromatic nitrogens is 1. The van der Waals surface area contributed by atoms with E-state index in [4.69, 9.17) is 4.74 Å². The summed E-state index contributed by atoms with van der Waals surface area (Å²) >= 11 is 0. The number of carbonyl (C=O) groups is 1. The van der Waals surface area contributed by atoms with Gasteiger partial charge in [-0.3, -0.25) is 10.1 Å². The molecule has 1 rings (SSSR count). The predicted octanol–water partition coefficient (Wildman–Crippen LogP) is 2.14. The van der Waals surface area contributed by atoms with E-state index in [1.54, 1.807) is 20.0 Å². The lowest BCUT2D eigenvalue weighted by molar-refractivity contribution is -0.422. The van der Waals surface area contributed by atoms with Crippen LogP contribution in [0.25, 0.3) is 6.08 Å². The van der Waals surface area contributed by atoms with Crippen molar-refractivity contribution in [1.82, 2.24) is 4.98 Å². The predicted molar refractivity (Wildman–Crippen MR) is 62.1 cm³/mol. The highest BCUT2D eigenvalue weighted by molar-refractivity contribution is 5.90. The highest BCUT2D eigenvalue weighted by atomic mass is 16.6. The minimum atomic E-state index is -0.476. The molecule has 0 aliphatic rings. The Balaban J connectivity index is 3.03. The second-order valence-electron chi connectivity index (χ2n) is 3.51. The summed E-state index contributed by atoms with van der Waals surface area (Å²) in [6.07, 6.45) is 2.96. The van der Waals surface area contributed by atoms with Crippen LogP contribution in [0.5, 0.6) is 0 Å². The molecule has 0 amide bonds. The van der Waals surface area contributed by atoms with Crippen LogP contribution in [0.15, 0.2) is 11.9 Å². The number of H-pyrrole nitrogens is 1. The van der Waals surface area contributed by atoms with Gasteiger partial charge in [0.2, 0.25) is 5.70 Å². The van der Waals surface area contributed by atoms with Crippen molar-refractivity contribution in [3.8, 4) is 0 Å². The maximum atomic E-state index is 11.5. The van der Waals surface area contributed by atoms with Gasteiger partial charge in [0.1, 0.15) is 5.69 Å². The van der Waals surface area contributed by atoms with Gasteiger partial charge in [0, 0.05) is 24.8 Å². The van der Waals surface area contributed by atoms with Crippen molar-refractivity contribution in [2.24, 2.45) is 0 Å². The highest BCUT2D eigenvalue weighted by Crippen LogP contribution is 2.17. The van der Waals surface area contributed by atoms with Crippen LogP contribution in [0, 0.1) is 17.0 Å². The third kappa shape index (κ3) is 2.93. The summed E-state index contributed by atoms with van der Waals surface area (Å²) in [4.78, 5) is 24.3. The van der Waals surface area contributed by atoms with Crippen LogP contribution in [0.4, 0.5) is 0 Å². The lowest BCUT2D eigenvalue weighted by Gasteiger charge is -2.00. The number of ether oxygens (including phenoxy) is 1. The largest absolute Gasteiger partial charge is 0.461 e. The maximum absolute atomic E-state index is 11.5. The van der Waals surface area contributed by atoms with E-state index in [-0.39, 0.29) is 12.3 Å². The molecule has 0 aliphatic carbocycles. The molecule has 0 bridgehead atoms. The fraction of sp³-hybridized carbons (Fsp3) is 0.364. The number of nitrogens with one attached hydrogen (secondary N) is 1. The van der Waals surface area contributed by atoms with Crippen LogP contribution >= 0.6 is 0 Å². The molecule has 1 aromatic heterocycles. The average Bonchev–Trinajstić information content (AvgIpc) is 2.61. The van der Waals surface area contributed by atoms with E-state index in [1.807, 2.05) is 0 Å². The van der Waals surface area contributed by atoms with Gasteiger partial charge in [-0.05, 0) is 19.4 Å². The third-order valence-electron chi connectivity index (χ3n) is 2.31. The molecule has 1 heterocycles. The van der Waals surface area contributed by atoms with Gasteiger partial charge in [-0.2, -0.15) is 0 Å². The highest BCUT2D eigenvalue weighted by Gasteiger charge is 2.15. The summed E-state index contributed by atoms with van der Waals surface area (Å²) in [6.45, 7) is 5.11. The number of aromatic amines is 1. The van der Waals surface area contributed by atoms with E-state index in [0.29, 0.717) is 16.8 Å². The number of carbonyl (C=O) groups excluding carboxylic acids is 1. The van der Waals surface area contributed by atoms with Gasteiger partial charge in [-0.25, -0.2) is 4.79 Å². The van der Waals surface area contributed by atoms with E-state index in [2.05, 4.69) is 4.98 Å². The summed E-state index contributed by atoms with van der Waals surface area (Å²) in [5, 5.41) is 10.5. The quantitative estimate of drug-likeness (QED) is 0.494. The Morgan fingerprint density at radius 1 is 1.65 bits per heavy atom. The normalized spacial score (nSPS) is 11.4. The molecule has 0 aromatic carbocycles. The first-order valence-corrected chi connectivity index (χ1v) is 5.15. The minimum Gasteiger partial charge on any atom is -0.461 e. The molecular weight excluding hydrogens is 224 g/mol. The molecule has 1 N–H and O–H groups in total. The van der Waals surface area contributed by atoms with Crippen molar-refractivity contribution in [2.75, 3.05) is 6.61 Å². The molecule has 92 valence electrons. The van der Waals surface area contributed by atoms with Crippen molar-refractivity contribution < 1.29 is 14.5 Å². The van der Waals surface area contributed by atoms with Gasteiger partial charge in [0.25, 0.3) is 0 Å². The fourth-order valence-electron chi connectivity index (χ4n) is 1.35. The van der Waals surface area contributed by atoms with Gasteiger partial charge in [-0.1, -0.05) is 0 Å². The third-order valence-corrected chi connectivity index (χ3v) is 2.31. The summed E-state index contributed by atoms with van der Waals surface area (Å²) in [5.74, 6) is -0.455. The summed E-state index contributed by atoms with van der Waals surface area (Å²) in [7, 11) is 0. The molecule has 17 heavy (non-hydrogen) atoms. The summed E-state index contributed by atoms with van der Waals surface area (Å²) < 4.78 is 4.85. The zero-order valence-corrected chi connectivity index (χ0v) is 9.94. The Bertz CT molecular complexity index is 474. The molecule has 6 heteroatoms. The first-order valence-electron chi connectivity index (χ1n) is 5.15. The Kier molecular flexibility index (Phi) is 4.03. The number of rotatable bonds is 4. The van der Waals surface area contributed by atoms with Gasteiger partial charge in [0.05, 0.1) is 11.5 Å². The molecule has 0 radical (unpaired) electrons. The number of esters is 1. The fourth-order valence-corrected chi connectivity index (χ4v) is 1.35. The summed E-state index contributed by atoms with van der Waals surface area (Å²) in [6, 6.07) is 0. The monoisotopic (exact) mass is 238 g/mol. The van der Waals surface area contributed by atoms with E-state index in [0.717, 1.165) is 0 Å². The van der Waals surface area contributed by atoms with Crippen LogP contribution in [0.2, 0.25) is 0 Å². The van der Waals surface area contributed by atoms with E-state index < -0.39 is 10.9 Å². The van der Waals surface area contributed by atoms with E-state index >= 15 is 0 Å². The molecule has 0 unspecified atom stereocenters. The molecule has 0 saturated carbocycles. The van der Waals surface area contributed by atoms with Crippen molar-refractivity contribution in [3.63, 3.8) is 0 Å². The van der Waals surface area contributed by atoms with Gasteiger partial charge in [-0.15, -0.1) is 0 Å². The van der Waals surface area contributed by atoms with Crippen LogP contribution in [0.3, 0.4) is 0 Å². The van der Waals surface area contributed by atoms with Crippen LogP contribution in [-0.4, -0.2) is 22.5 Å². The second-order valence-corrected chi connectivity index (χ2v) is 3.51. The van der Waals surface area contributed by atoms with Crippen molar-refractivity contribution >= 4 is 12.0 Å². The number of hydrogen-bond donors (Lipinski definition) is 1. The smallest absolute Gasteiger partial charge is 0.355 e. The minimum absolute atomic E-state index is 0.0162. The van der Waals surface area contributed by atoms with Gasteiger partial charge < -0.3 is 9.72 Å². The summed E-state index contributed by atoms with van der Waals surface area (Å²) in [5.41, 5.74) is 1.60. The molecule has 0 atom stereocenters. The molecule has 0 fully saturated rings. The molecule has 0 saturated heterocycles. The van der Waals surface area contributed by atoms with Crippen LogP contribution in [0.1, 0.15) is 35.5 Å². The molecule has 1 aromatic rings. The van der Waals surface area contributed by atoms with Crippen LogP contribution < -0.4 is 0 Å². The molecule has 0 aliphatic heterocycles. The van der Waals surface area contributed by atoms with E-state index in [9.17, 15) is 14.9 Å².